The second-order valence-corrected chi connectivity index (χ2v) is 6.89. The molecule has 0 spiro atoms. The molecule has 0 fully saturated rings. The zero-order valence-corrected chi connectivity index (χ0v) is 17.2. The summed E-state index contributed by atoms with van der Waals surface area (Å²) in [4.78, 5) is 16.4. The van der Waals surface area contributed by atoms with E-state index in [1.165, 1.54) is 5.56 Å². The minimum Gasteiger partial charge on any atom is -0.356 e. The van der Waals surface area contributed by atoms with Crippen LogP contribution >= 0.6 is 0 Å². The number of rotatable bonds is 9. The third kappa shape index (κ3) is 7.09. The van der Waals surface area contributed by atoms with Gasteiger partial charge in [0.15, 0.2) is 5.96 Å². The van der Waals surface area contributed by atoms with E-state index in [1.807, 2.05) is 30.3 Å². The predicted molar refractivity (Wildman–Crippen MR) is 120 cm³/mol. The summed E-state index contributed by atoms with van der Waals surface area (Å²) in [7, 11) is 1.76. The second-order valence-electron chi connectivity index (χ2n) is 6.89. The molecule has 0 aliphatic carbocycles. The Morgan fingerprint density at radius 1 is 1.03 bits per heavy atom. The number of nitrogens with zero attached hydrogens (tertiary/aromatic N) is 3. The molecule has 1 amide bonds. The lowest BCUT2D eigenvalue weighted by Crippen LogP contribution is -2.37. The third-order valence-corrected chi connectivity index (χ3v) is 4.54. The van der Waals surface area contributed by atoms with Crippen LogP contribution in [0.5, 0.6) is 0 Å². The molecule has 0 aliphatic rings. The van der Waals surface area contributed by atoms with Crippen molar-refractivity contribution in [1.29, 1.82) is 0 Å². The summed E-state index contributed by atoms with van der Waals surface area (Å²) in [5.41, 5.74) is 3.16. The number of carbonyl (C=O) groups is 1. The molecule has 0 saturated heterocycles. The van der Waals surface area contributed by atoms with E-state index in [4.69, 9.17) is 0 Å². The largest absolute Gasteiger partial charge is 0.356 e. The Morgan fingerprint density at radius 2 is 1.87 bits per heavy atom. The summed E-state index contributed by atoms with van der Waals surface area (Å²) in [5, 5.41) is 13.6. The van der Waals surface area contributed by atoms with Gasteiger partial charge in [-0.15, -0.1) is 0 Å². The van der Waals surface area contributed by atoms with Crippen LogP contribution in [0.3, 0.4) is 0 Å². The van der Waals surface area contributed by atoms with E-state index in [0.29, 0.717) is 6.54 Å². The summed E-state index contributed by atoms with van der Waals surface area (Å²) >= 11 is 0. The number of nitrogens with one attached hydrogen (secondary N) is 3. The quantitative estimate of drug-likeness (QED) is 0.291. The zero-order valence-electron chi connectivity index (χ0n) is 17.2. The van der Waals surface area contributed by atoms with Gasteiger partial charge in [0.25, 0.3) is 0 Å². The van der Waals surface area contributed by atoms with Gasteiger partial charge in [0, 0.05) is 38.2 Å². The molecule has 156 valence electrons. The molecule has 0 atom stereocenters. The van der Waals surface area contributed by atoms with E-state index in [0.717, 1.165) is 36.6 Å². The lowest BCUT2D eigenvalue weighted by Gasteiger charge is -2.13. The first kappa shape index (κ1) is 21.1. The molecule has 3 aromatic rings. The van der Waals surface area contributed by atoms with Crippen LogP contribution in [0.1, 0.15) is 17.5 Å². The molecule has 0 saturated carbocycles. The first-order valence-corrected chi connectivity index (χ1v) is 10.1. The SMILES string of the molecule is CN=C(NCCCc1ccccc1)NCc1cccc(NC(=O)Cn2cccn2)c1. The number of carbonyl (C=O) groups excluding carboxylic acids is 1. The van der Waals surface area contributed by atoms with Crippen LogP contribution < -0.4 is 16.0 Å². The van der Waals surface area contributed by atoms with E-state index in [-0.39, 0.29) is 12.5 Å². The number of aryl methyl sites for hydroxylation is 1. The van der Waals surface area contributed by atoms with Gasteiger partial charge in [-0.3, -0.25) is 14.5 Å². The van der Waals surface area contributed by atoms with Crippen molar-refractivity contribution in [1.82, 2.24) is 20.4 Å². The zero-order chi connectivity index (χ0) is 21.0. The third-order valence-electron chi connectivity index (χ3n) is 4.54. The molecule has 2 aromatic carbocycles. The Bertz CT molecular complexity index is 937. The minimum atomic E-state index is -0.111. The molecule has 1 heterocycles. The van der Waals surface area contributed by atoms with Gasteiger partial charge in [0.1, 0.15) is 6.54 Å². The number of aliphatic imine (C=N–C) groups is 1. The van der Waals surface area contributed by atoms with Gasteiger partial charge in [-0.2, -0.15) is 5.10 Å². The highest BCUT2D eigenvalue weighted by molar-refractivity contribution is 5.90. The lowest BCUT2D eigenvalue weighted by atomic mass is 10.1. The lowest BCUT2D eigenvalue weighted by molar-refractivity contribution is -0.116. The number of anilines is 1. The van der Waals surface area contributed by atoms with E-state index in [2.05, 4.69) is 50.3 Å². The minimum absolute atomic E-state index is 0.111. The maximum atomic E-state index is 12.1. The predicted octanol–water partition coefficient (Wildman–Crippen LogP) is 2.82. The molecule has 0 unspecified atom stereocenters. The molecular formula is C23H28N6O. The maximum Gasteiger partial charge on any atom is 0.246 e. The van der Waals surface area contributed by atoms with Crippen molar-refractivity contribution < 1.29 is 4.79 Å². The average molecular weight is 405 g/mol. The summed E-state index contributed by atoms with van der Waals surface area (Å²) in [5.74, 6) is 0.649. The highest BCUT2D eigenvalue weighted by atomic mass is 16.2. The fourth-order valence-electron chi connectivity index (χ4n) is 3.05. The molecular weight excluding hydrogens is 376 g/mol. The topological polar surface area (TPSA) is 83.3 Å². The average Bonchev–Trinajstić information content (AvgIpc) is 3.27. The smallest absolute Gasteiger partial charge is 0.246 e. The first-order chi connectivity index (χ1) is 14.7. The molecule has 7 nitrogen and oxygen atoms in total. The van der Waals surface area contributed by atoms with Crippen LogP contribution in [0.4, 0.5) is 5.69 Å². The van der Waals surface area contributed by atoms with Crippen molar-refractivity contribution in [2.75, 3.05) is 18.9 Å². The van der Waals surface area contributed by atoms with Gasteiger partial charge in [0.2, 0.25) is 5.91 Å². The van der Waals surface area contributed by atoms with Crippen molar-refractivity contribution in [2.24, 2.45) is 4.99 Å². The van der Waals surface area contributed by atoms with Gasteiger partial charge < -0.3 is 16.0 Å². The van der Waals surface area contributed by atoms with E-state index >= 15 is 0 Å². The summed E-state index contributed by atoms with van der Waals surface area (Å²) in [6.45, 7) is 1.65. The number of hydrogen-bond acceptors (Lipinski definition) is 3. The Balaban J connectivity index is 1.41. The summed E-state index contributed by atoms with van der Waals surface area (Å²) < 4.78 is 1.59. The number of benzene rings is 2. The molecule has 3 N–H and O–H groups in total. The van der Waals surface area contributed by atoms with Crippen molar-refractivity contribution in [3.63, 3.8) is 0 Å². The molecule has 7 heteroatoms. The number of guanidine groups is 1. The van der Waals surface area contributed by atoms with Gasteiger partial charge in [-0.05, 0) is 42.2 Å². The van der Waals surface area contributed by atoms with E-state index < -0.39 is 0 Å². The molecule has 0 bridgehead atoms. The van der Waals surface area contributed by atoms with Crippen molar-refractivity contribution >= 4 is 17.6 Å². The normalized spacial score (nSPS) is 11.2. The van der Waals surface area contributed by atoms with Crippen LogP contribution in [-0.2, 0) is 24.3 Å². The van der Waals surface area contributed by atoms with Crippen LogP contribution in [0.25, 0.3) is 0 Å². The number of hydrogen-bond donors (Lipinski definition) is 3. The first-order valence-electron chi connectivity index (χ1n) is 10.1. The van der Waals surface area contributed by atoms with Crippen molar-refractivity contribution in [3.8, 4) is 0 Å². The molecule has 0 radical (unpaired) electrons. The van der Waals surface area contributed by atoms with Crippen molar-refractivity contribution in [2.45, 2.75) is 25.9 Å². The van der Waals surface area contributed by atoms with Gasteiger partial charge in [-0.25, -0.2) is 0 Å². The van der Waals surface area contributed by atoms with Crippen LogP contribution in [0.15, 0.2) is 78.0 Å². The fourth-order valence-corrected chi connectivity index (χ4v) is 3.05. The maximum absolute atomic E-state index is 12.1. The van der Waals surface area contributed by atoms with Crippen molar-refractivity contribution in [3.05, 3.63) is 84.2 Å². The Kier molecular flexibility index (Phi) is 8.02. The highest BCUT2D eigenvalue weighted by Crippen LogP contribution is 2.10. The van der Waals surface area contributed by atoms with E-state index in [9.17, 15) is 4.79 Å². The summed E-state index contributed by atoms with van der Waals surface area (Å²) in [6.07, 6.45) is 5.48. The molecule has 1 aromatic heterocycles. The monoisotopic (exact) mass is 404 g/mol. The molecule has 0 aliphatic heterocycles. The second kappa shape index (κ2) is 11.4. The Hall–Kier alpha value is -3.61. The fraction of sp³-hybridized carbons (Fsp3) is 0.261. The van der Waals surface area contributed by atoms with Gasteiger partial charge in [0.05, 0.1) is 0 Å². The van der Waals surface area contributed by atoms with Crippen LogP contribution in [-0.4, -0.2) is 35.2 Å². The van der Waals surface area contributed by atoms with Crippen LogP contribution in [0, 0.1) is 0 Å². The number of amides is 1. The number of aromatic nitrogens is 2. The molecule has 30 heavy (non-hydrogen) atoms. The van der Waals surface area contributed by atoms with Gasteiger partial charge in [-0.1, -0.05) is 42.5 Å². The van der Waals surface area contributed by atoms with Crippen LogP contribution in [0.2, 0.25) is 0 Å². The van der Waals surface area contributed by atoms with Gasteiger partial charge >= 0.3 is 0 Å². The molecule has 3 rings (SSSR count). The highest BCUT2D eigenvalue weighted by Gasteiger charge is 2.05. The standard InChI is InChI=1S/C23H28N6O/c1-24-23(25-13-6-11-19-8-3-2-4-9-19)26-17-20-10-5-12-21(16-20)28-22(30)18-29-15-7-14-27-29/h2-5,7-10,12,14-16H,6,11,13,17-18H2,1H3,(H,28,30)(H2,24,25,26). The Labute approximate surface area is 177 Å². The Morgan fingerprint density at radius 3 is 2.63 bits per heavy atom. The summed E-state index contributed by atoms with van der Waals surface area (Å²) in [6, 6.07) is 20.0. The van der Waals surface area contributed by atoms with E-state index in [1.54, 1.807) is 30.2 Å².